The molecule has 2 aromatic rings. The van der Waals surface area contributed by atoms with E-state index in [-0.39, 0.29) is 33.3 Å². The lowest BCUT2D eigenvalue weighted by Crippen LogP contribution is -2.34. The third-order valence-corrected chi connectivity index (χ3v) is 6.18. The van der Waals surface area contributed by atoms with Crippen molar-refractivity contribution < 1.29 is 24.6 Å². The van der Waals surface area contributed by atoms with Gasteiger partial charge in [-0.2, -0.15) is 0 Å². The molecule has 0 aliphatic heterocycles. The van der Waals surface area contributed by atoms with Crippen LogP contribution in [0, 0.1) is 6.92 Å². The molecule has 152 valence electrons. The molecule has 0 saturated carbocycles. The average Bonchev–Trinajstić information content (AvgIpc) is 2.64. The number of rotatable bonds is 4. The van der Waals surface area contributed by atoms with Crippen molar-refractivity contribution in [2.75, 3.05) is 0 Å². The summed E-state index contributed by atoms with van der Waals surface area (Å²) >= 11 is 0. The number of carbonyl (C=O) groups excluding carboxylic acids is 1. The van der Waals surface area contributed by atoms with Gasteiger partial charge in [-0.05, 0) is 65.5 Å². The molecule has 0 radical (unpaired) electrons. The van der Waals surface area contributed by atoms with Crippen LogP contribution in [0.3, 0.4) is 0 Å². The molecule has 3 rings (SSSR count). The molecule has 5 nitrogen and oxygen atoms in total. The van der Waals surface area contributed by atoms with E-state index in [2.05, 4.69) is 33.8 Å². The minimum absolute atomic E-state index is 0.0246. The number of ketones is 1. The van der Waals surface area contributed by atoms with Crippen LogP contribution in [0.25, 0.3) is 0 Å². The van der Waals surface area contributed by atoms with Crippen LogP contribution in [0.1, 0.15) is 93.9 Å². The van der Waals surface area contributed by atoms with Crippen molar-refractivity contribution in [2.24, 2.45) is 0 Å². The second kappa shape index (κ2) is 6.83. The Morgan fingerprint density at radius 3 is 1.79 bits per heavy atom. The summed E-state index contributed by atoms with van der Waals surface area (Å²) in [5, 5.41) is 18.6. The van der Waals surface area contributed by atoms with E-state index in [4.69, 9.17) is 0 Å². The van der Waals surface area contributed by atoms with Gasteiger partial charge in [-0.1, -0.05) is 39.8 Å². The topological polar surface area (TPSA) is 91.7 Å². The number of aryl methyl sites for hydroxylation is 1. The number of hydrogen-bond acceptors (Lipinski definition) is 3. The molecule has 0 aromatic heterocycles. The number of carboxylic acids is 2. The van der Waals surface area contributed by atoms with Crippen LogP contribution in [0.5, 0.6) is 0 Å². The number of hydrogen-bond donors (Lipinski definition) is 2. The normalized spacial score (nSPS) is 16.7. The molecule has 5 heteroatoms. The smallest absolute Gasteiger partial charge is 0.336 e. The lowest BCUT2D eigenvalue weighted by molar-refractivity contribution is 0.0651. The first-order valence-electron chi connectivity index (χ1n) is 9.66. The monoisotopic (exact) mass is 394 g/mol. The van der Waals surface area contributed by atoms with E-state index in [1.807, 2.05) is 13.0 Å². The highest BCUT2D eigenvalue weighted by Crippen LogP contribution is 2.46. The minimum atomic E-state index is -1.37. The molecule has 2 N–H and O–H groups in total. The van der Waals surface area contributed by atoms with Crippen molar-refractivity contribution in [3.05, 3.63) is 69.3 Å². The maximum absolute atomic E-state index is 13.2. The fraction of sp³-hybridized carbons (Fsp3) is 0.375. The minimum Gasteiger partial charge on any atom is -0.478 e. The summed E-state index contributed by atoms with van der Waals surface area (Å²) in [6.07, 6.45) is 2.08. The zero-order valence-corrected chi connectivity index (χ0v) is 17.4. The Labute approximate surface area is 170 Å². The summed E-state index contributed by atoms with van der Waals surface area (Å²) in [5.41, 5.74) is 3.15. The van der Waals surface area contributed by atoms with Gasteiger partial charge in [0.25, 0.3) is 0 Å². The van der Waals surface area contributed by atoms with E-state index >= 15 is 0 Å². The van der Waals surface area contributed by atoms with Gasteiger partial charge in [0.1, 0.15) is 0 Å². The van der Waals surface area contributed by atoms with Crippen LogP contribution < -0.4 is 0 Å². The van der Waals surface area contributed by atoms with Gasteiger partial charge < -0.3 is 10.2 Å². The highest BCUT2D eigenvalue weighted by molar-refractivity contribution is 6.12. The van der Waals surface area contributed by atoms with E-state index in [9.17, 15) is 24.6 Å². The molecule has 1 aliphatic rings. The Balaban J connectivity index is 2.15. The Bertz CT molecular complexity index is 1040. The van der Waals surface area contributed by atoms with E-state index in [1.54, 1.807) is 0 Å². The van der Waals surface area contributed by atoms with Gasteiger partial charge in [0.05, 0.1) is 11.1 Å². The Morgan fingerprint density at radius 1 is 0.759 bits per heavy atom. The van der Waals surface area contributed by atoms with E-state index in [0.717, 1.165) is 30.0 Å². The fourth-order valence-corrected chi connectivity index (χ4v) is 4.17. The molecular weight excluding hydrogens is 368 g/mol. The molecule has 0 bridgehead atoms. The molecule has 0 unspecified atom stereocenters. The number of benzene rings is 2. The van der Waals surface area contributed by atoms with Crippen LogP contribution in [-0.2, 0) is 10.8 Å². The van der Waals surface area contributed by atoms with Crippen LogP contribution in [-0.4, -0.2) is 27.9 Å². The van der Waals surface area contributed by atoms with Crippen molar-refractivity contribution >= 4 is 17.7 Å². The predicted molar refractivity (Wildman–Crippen MR) is 110 cm³/mol. The molecule has 0 saturated heterocycles. The molecule has 29 heavy (non-hydrogen) atoms. The molecular formula is C24H26O5. The Kier molecular flexibility index (Phi) is 4.89. The van der Waals surface area contributed by atoms with Crippen LogP contribution >= 0.6 is 0 Å². The second-order valence-electron chi connectivity index (χ2n) is 9.18. The second-order valence-corrected chi connectivity index (χ2v) is 9.18. The highest BCUT2D eigenvalue weighted by atomic mass is 16.4. The summed E-state index contributed by atoms with van der Waals surface area (Å²) in [6, 6.07) is 7.74. The highest BCUT2D eigenvalue weighted by Gasteiger charge is 2.38. The summed E-state index contributed by atoms with van der Waals surface area (Å²) in [5.74, 6) is -3.01. The number of carbonyl (C=O) groups is 3. The Morgan fingerprint density at radius 2 is 1.28 bits per heavy atom. The van der Waals surface area contributed by atoms with Gasteiger partial charge >= 0.3 is 11.9 Å². The van der Waals surface area contributed by atoms with Crippen LogP contribution in [0.15, 0.2) is 30.3 Å². The lowest BCUT2D eigenvalue weighted by atomic mass is 9.62. The van der Waals surface area contributed by atoms with Crippen molar-refractivity contribution in [2.45, 2.75) is 58.3 Å². The molecule has 1 aliphatic carbocycles. The summed E-state index contributed by atoms with van der Waals surface area (Å²) in [4.78, 5) is 36.0. The maximum atomic E-state index is 13.2. The van der Waals surface area contributed by atoms with Crippen molar-refractivity contribution in [1.29, 1.82) is 0 Å². The quantitative estimate of drug-likeness (QED) is 0.714. The molecule has 0 amide bonds. The number of carboxylic acid groups (broad SMARTS) is 2. The van der Waals surface area contributed by atoms with Gasteiger partial charge in [-0.25, -0.2) is 9.59 Å². The molecule has 0 atom stereocenters. The van der Waals surface area contributed by atoms with Crippen LogP contribution in [0.2, 0.25) is 0 Å². The zero-order chi connectivity index (χ0) is 21.7. The van der Waals surface area contributed by atoms with Gasteiger partial charge in [-0.15, -0.1) is 0 Å². The molecule has 0 heterocycles. The van der Waals surface area contributed by atoms with Crippen molar-refractivity contribution in [3.63, 3.8) is 0 Å². The summed E-state index contributed by atoms with van der Waals surface area (Å²) < 4.78 is 0. The van der Waals surface area contributed by atoms with Gasteiger partial charge in [0.2, 0.25) is 0 Å². The number of aromatic carboxylic acids is 2. The van der Waals surface area contributed by atoms with Gasteiger partial charge in [-0.3, -0.25) is 4.79 Å². The first-order valence-corrected chi connectivity index (χ1v) is 9.66. The SMILES string of the molecule is Cc1cc2c(cc1C(=O)c1ccc(C(=O)O)c(C(=O)O)c1)C(C)(C)CCC2(C)C. The molecule has 0 spiro atoms. The van der Waals surface area contributed by atoms with E-state index in [0.29, 0.717) is 5.56 Å². The maximum Gasteiger partial charge on any atom is 0.336 e. The van der Waals surface area contributed by atoms with Crippen molar-refractivity contribution in [3.8, 4) is 0 Å². The van der Waals surface area contributed by atoms with Crippen LogP contribution in [0.4, 0.5) is 0 Å². The van der Waals surface area contributed by atoms with Crippen molar-refractivity contribution in [1.82, 2.24) is 0 Å². The van der Waals surface area contributed by atoms with E-state index in [1.165, 1.54) is 17.7 Å². The average molecular weight is 394 g/mol. The Hall–Kier alpha value is -2.95. The fourth-order valence-electron chi connectivity index (χ4n) is 4.17. The molecule has 0 fully saturated rings. The van der Waals surface area contributed by atoms with E-state index < -0.39 is 11.9 Å². The molecule has 2 aromatic carbocycles. The third-order valence-electron chi connectivity index (χ3n) is 6.18. The first kappa shape index (κ1) is 20.8. The van der Waals surface area contributed by atoms with Gasteiger partial charge in [0.15, 0.2) is 5.78 Å². The third kappa shape index (κ3) is 3.57. The summed E-state index contributed by atoms with van der Waals surface area (Å²) in [7, 11) is 0. The van der Waals surface area contributed by atoms with Gasteiger partial charge in [0, 0.05) is 11.1 Å². The standard InChI is InChI=1S/C24H26O5/c1-13-10-18-19(24(4,5)9-8-23(18,2)3)12-16(13)20(25)14-6-7-15(21(26)27)17(11-14)22(28)29/h6-7,10-12H,8-9H2,1-5H3,(H,26,27)(H,28,29). The zero-order valence-electron chi connectivity index (χ0n) is 17.4. The lowest BCUT2D eigenvalue weighted by Gasteiger charge is -2.42. The largest absolute Gasteiger partial charge is 0.478 e. The summed E-state index contributed by atoms with van der Waals surface area (Å²) in [6.45, 7) is 10.7. The first-order chi connectivity index (χ1) is 13.3. The predicted octanol–water partition coefficient (Wildman–Crippen LogP) is 4.97. The number of fused-ring (bicyclic) bond motifs is 1.